The Hall–Kier alpha value is 0.781. The van der Waals surface area contributed by atoms with Crippen molar-refractivity contribution in [1.82, 2.24) is 0 Å². The second-order valence-corrected chi connectivity index (χ2v) is 5.88. The van der Waals surface area contributed by atoms with Crippen LogP contribution in [-0.4, -0.2) is 13.2 Å². The molecule has 0 saturated heterocycles. The second kappa shape index (κ2) is 16.6. The van der Waals surface area contributed by atoms with Crippen LogP contribution >= 0.6 is 40.7 Å². The standard InChI is InChI=1S/C10H8Br.C4H10N.2CH3.2ClH.Si.Ti/c1-7-5-8-3-2-4-10(11)9(8)6-7;1-4(2,3)5;;;;;;/h2-6H,1H3;5H,1-3H3;2*1H3;2*1H;;/q4*-1;;;;. The molecule has 0 aliphatic heterocycles. The molecule has 2 aromatic carbocycles. The second-order valence-electron chi connectivity index (χ2n) is 5.03. The molecule has 0 bridgehead atoms. The molecule has 0 saturated carbocycles. The van der Waals surface area contributed by atoms with Crippen molar-refractivity contribution in [3.8, 4) is 0 Å². The molecule has 0 spiro atoms. The van der Waals surface area contributed by atoms with Crippen LogP contribution in [0.25, 0.3) is 16.5 Å². The molecule has 1 N–H and O–H groups in total. The third kappa shape index (κ3) is 15.7. The van der Waals surface area contributed by atoms with Gasteiger partial charge in [0.2, 0.25) is 0 Å². The van der Waals surface area contributed by atoms with Crippen LogP contribution in [0.1, 0.15) is 26.3 Å². The predicted octanol–water partition coefficient (Wildman–Crippen LogP) is 6.83. The first-order valence-electron chi connectivity index (χ1n) is 5.59. The molecule has 0 fully saturated rings. The molecule has 2 aromatic rings. The van der Waals surface area contributed by atoms with E-state index in [1.165, 1.54) is 20.8 Å². The molecule has 0 aliphatic carbocycles. The number of hydrogen-bond acceptors (Lipinski definition) is 0. The summed E-state index contributed by atoms with van der Waals surface area (Å²) in [5.41, 5.74) is 8.01. The Labute approximate surface area is 171 Å². The van der Waals surface area contributed by atoms with Gasteiger partial charge in [-0.25, -0.2) is 0 Å². The Morgan fingerprint density at radius 2 is 1.55 bits per heavy atom. The summed E-state index contributed by atoms with van der Waals surface area (Å²) in [5, 5.41) is 2.63. The van der Waals surface area contributed by atoms with Crippen LogP contribution in [0.2, 0.25) is 0 Å². The third-order valence-corrected chi connectivity index (χ3v) is 2.53. The van der Waals surface area contributed by atoms with Crippen molar-refractivity contribution >= 4 is 59.1 Å². The van der Waals surface area contributed by atoms with E-state index in [2.05, 4.69) is 60.8 Å². The minimum atomic E-state index is -0.250. The summed E-state index contributed by atoms with van der Waals surface area (Å²) < 4.78 is 1.18. The van der Waals surface area contributed by atoms with Gasteiger partial charge in [-0.2, -0.15) is 6.07 Å². The Morgan fingerprint density at radius 3 is 1.91 bits per heavy atom. The van der Waals surface area contributed by atoms with Crippen molar-refractivity contribution in [1.29, 1.82) is 0 Å². The summed E-state index contributed by atoms with van der Waals surface area (Å²) in [5.74, 6) is 0. The van der Waals surface area contributed by atoms with Gasteiger partial charge in [-0.15, -0.1) is 64.9 Å². The number of hydrogen-bond donors (Lipinski definition) is 0. The molecule has 0 heterocycles. The normalized spacial score (nSPS) is 8.23. The molecule has 0 unspecified atom stereocenters. The first-order valence-corrected chi connectivity index (χ1v) is 9.22. The molecule has 128 valence electrons. The Bertz CT molecular complexity index is 492. The summed E-state index contributed by atoms with van der Waals surface area (Å²) in [4.78, 5) is 0. The van der Waals surface area contributed by atoms with Gasteiger partial charge >= 0.3 is 26.8 Å². The average molecular weight is 459 g/mol. The van der Waals surface area contributed by atoms with Crippen molar-refractivity contribution in [2.75, 3.05) is 0 Å². The van der Waals surface area contributed by atoms with Crippen LogP contribution in [0.15, 0.2) is 34.8 Å². The van der Waals surface area contributed by atoms with Crippen molar-refractivity contribution in [2.45, 2.75) is 33.2 Å². The number of fused-ring (bicyclic) bond motifs is 1. The van der Waals surface area contributed by atoms with E-state index in [0.29, 0.717) is 0 Å². The van der Waals surface area contributed by atoms with Crippen LogP contribution in [0.3, 0.4) is 0 Å². The van der Waals surface area contributed by atoms with Gasteiger partial charge in [0.1, 0.15) is 0 Å². The monoisotopic (exact) mass is 457 g/mol. The summed E-state index contributed by atoms with van der Waals surface area (Å²) in [7, 11) is 2.97. The zero-order valence-electron chi connectivity index (χ0n) is 14.1. The molecule has 1 nitrogen and oxygen atoms in total. The van der Waals surface area contributed by atoms with Crippen LogP contribution < -0.4 is 0 Å². The number of rotatable bonds is 0. The zero-order chi connectivity index (χ0) is 14.3. The first-order chi connectivity index (χ1) is 8.27. The minimum absolute atomic E-state index is 0. The summed E-state index contributed by atoms with van der Waals surface area (Å²) in [6, 6.07) is 10.7. The molecular weight excluding hydrogens is 433 g/mol. The average Bonchev–Trinajstić information content (AvgIpc) is 2.61. The maximum absolute atomic E-state index is 6.94. The Kier molecular flexibility index (Phi) is 25.8. The molecule has 2 radical (unpaired) electrons. The van der Waals surface area contributed by atoms with E-state index < -0.39 is 0 Å². The summed E-state index contributed by atoms with van der Waals surface area (Å²) in [6.45, 7) is 7.68. The molecular formula is C16H26BrCl2NSiTi-4. The van der Waals surface area contributed by atoms with Gasteiger partial charge in [0.25, 0.3) is 0 Å². The van der Waals surface area contributed by atoms with Gasteiger partial charge in [-0.1, -0.05) is 49.7 Å². The van der Waals surface area contributed by atoms with Crippen LogP contribution in [0, 0.1) is 21.8 Å². The number of nitrogens with one attached hydrogen (secondary N) is 1. The zero-order valence-corrected chi connectivity index (χ0v) is 19.9. The SMILES string of the molecule is CC(C)(C)[NH-].Cc1cc2c(Br)cccc2[cH-]1.Cl.Cl.[CH3-].[CH3-].[Si]=[Ti]. The molecule has 22 heavy (non-hydrogen) atoms. The molecule has 0 amide bonds. The van der Waals surface area contributed by atoms with Gasteiger partial charge in [0, 0.05) is 0 Å². The van der Waals surface area contributed by atoms with Gasteiger partial charge in [0.05, 0.1) is 0 Å². The fourth-order valence-corrected chi connectivity index (χ4v) is 1.84. The molecule has 6 heteroatoms. The van der Waals surface area contributed by atoms with E-state index in [1.807, 2.05) is 20.8 Å². The van der Waals surface area contributed by atoms with Gasteiger partial charge in [-0.3, -0.25) is 0 Å². The fraction of sp³-hybridized carbons (Fsp3) is 0.312. The van der Waals surface area contributed by atoms with Crippen LogP contribution in [0.4, 0.5) is 0 Å². The number of aryl methyl sites for hydroxylation is 1. The number of benzene rings is 1. The first kappa shape index (κ1) is 34.2. The Morgan fingerprint density at radius 1 is 1.14 bits per heavy atom. The molecule has 0 atom stereocenters. The van der Waals surface area contributed by atoms with Crippen LogP contribution in [0.5, 0.6) is 0 Å². The van der Waals surface area contributed by atoms with Crippen molar-refractivity contribution < 1.29 is 19.2 Å². The van der Waals surface area contributed by atoms with E-state index in [9.17, 15) is 0 Å². The van der Waals surface area contributed by atoms with Crippen LogP contribution in [-0.2, 0) is 19.2 Å². The maximum atomic E-state index is 6.94. The van der Waals surface area contributed by atoms with E-state index in [-0.39, 0.29) is 45.2 Å². The van der Waals surface area contributed by atoms with Crippen molar-refractivity contribution in [2.24, 2.45) is 0 Å². The summed E-state index contributed by atoms with van der Waals surface area (Å²) >= 11 is 5.32. The molecule has 0 aromatic heterocycles. The third-order valence-electron chi connectivity index (χ3n) is 1.84. The van der Waals surface area contributed by atoms with E-state index in [0.717, 1.165) is 0 Å². The van der Waals surface area contributed by atoms with Gasteiger partial charge < -0.3 is 20.6 Å². The predicted molar refractivity (Wildman–Crippen MR) is 109 cm³/mol. The van der Waals surface area contributed by atoms with Crippen molar-refractivity contribution in [3.05, 3.63) is 61.0 Å². The molecule has 0 aliphatic rings. The van der Waals surface area contributed by atoms with E-state index in [4.69, 9.17) is 5.73 Å². The topological polar surface area (TPSA) is 23.8 Å². The van der Waals surface area contributed by atoms with E-state index in [1.54, 1.807) is 19.2 Å². The summed E-state index contributed by atoms with van der Waals surface area (Å²) in [6.07, 6.45) is 0. The van der Waals surface area contributed by atoms with E-state index >= 15 is 0 Å². The number of halogens is 3. The van der Waals surface area contributed by atoms with Crippen molar-refractivity contribution in [3.63, 3.8) is 0 Å². The molecule has 2 rings (SSSR count). The fourth-order valence-electron chi connectivity index (χ4n) is 1.35. The quantitative estimate of drug-likeness (QED) is 0.305. The Balaban J connectivity index is -0.0000000780. The van der Waals surface area contributed by atoms with Gasteiger partial charge in [-0.05, 0) is 4.47 Å². The van der Waals surface area contributed by atoms with Gasteiger partial charge in [0.15, 0.2) is 0 Å².